The van der Waals surface area contributed by atoms with Crippen LogP contribution in [0.3, 0.4) is 0 Å². The second-order valence-corrected chi connectivity index (χ2v) is 5.47. The van der Waals surface area contributed by atoms with Crippen molar-refractivity contribution in [3.8, 4) is 0 Å². The van der Waals surface area contributed by atoms with Gasteiger partial charge < -0.3 is 20.7 Å². The number of nitrogens with two attached hydrogens (primary N) is 1. The summed E-state index contributed by atoms with van der Waals surface area (Å²) in [5, 5.41) is 11.0. The SMILES string of the molecule is NC(=O)[C@@]1(O)CCCN(C(=O)c2cccc3[nH]ccc23)C1. The van der Waals surface area contributed by atoms with Crippen LogP contribution in [0.25, 0.3) is 10.9 Å². The number of carbonyl (C=O) groups excluding carboxylic acids is 2. The lowest BCUT2D eigenvalue weighted by atomic mass is 9.91. The van der Waals surface area contributed by atoms with E-state index in [0.717, 1.165) is 10.9 Å². The van der Waals surface area contributed by atoms with Gasteiger partial charge in [-0.1, -0.05) is 6.07 Å². The zero-order chi connectivity index (χ0) is 15.0. The number of aliphatic hydroxyl groups is 1. The molecule has 1 aliphatic heterocycles. The highest BCUT2D eigenvalue weighted by Crippen LogP contribution is 2.25. The molecule has 2 amide bonds. The Morgan fingerprint density at radius 2 is 2.14 bits per heavy atom. The smallest absolute Gasteiger partial charge is 0.254 e. The summed E-state index contributed by atoms with van der Waals surface area (Å²) < 4.78 is 0. The third-order valence-corrected chi connectivity index (χ3v) is 4.04. The standard InChI is InChI=1S/C15H17N3O3/c16-14(20)15(21)6-2-8-18(9-15)13(19)11-3-1-4-12-10(11)5-7-17-12/h1,3-5,7,17,21H,2,6,8-9H2,(H2,16,20)/t15-/m1/s1. The number of hydrogen-bond acceptors (Lipinski definition) is 3. The van der Waals surface area contributed by atoms with E-state index in [1.165, 1.54) is 4.90 Å². The molecule has 1 aromatic carbocycles. The Labute approximate surface area is 121 Å². The Morgan fingerprint density at radius 3 is 2.90 bits per heavy atom. The fraction of sp³-hybridized carbons (Fsp3) is 0.333. The molecule has 6 nitrogen and oxygen atoms in total. The summed E-state index contributed by atoms with van der Waals surface area (Å²) in [4.78, 5) is 28.6. The molecule has 0 spiro atoms. The average Bonchev–Trinajstić information content (AvgIpc) is 2.94. The van der Waals surface area contributed by atoms with Crippen LogP contribution in [-0.4, -0.2) is 45.5 Å². The van der Waals surface area contributed by atoms with E-state index in [0.29, 0.717) is 24.9 Å². The van der Waals surface area contributed by atoms with Gasteiger partial charge in [0.2, 0.25) is 0 Å². The summed E-state index contributed by atoms with van der Waals surface area (Å²) in [5.74, 6) is -0.973. The van der Waals surface area contributed by atoms with Crippen molar-refractivity contribution in [1.29, 1.82) is 0 Å². The van der Waals surface area contributed by atoms with Crippen molar-refractivity contribution in [2.45, 2.75) is 18.4 Å². The molecular weight excluding hydrogens is 270 g/mol. The Morgan fingerprint density at radius 1 is 1.33 bits per heavy atom. The summed E-state index contributed by atoms with van der Waals surface area (Å²) in [5.41, 5.74) is 5.06. The van der Waals surface area contributed by atoms with Crippen molar-refractivity contribution in [3.63, 3.8) is 0 Å². The topological polar surface area (TPSA) is 99.4 Å². The molecule has 0 saturated carbocycles. The molecule has 0 bridgehead atoms. The molecule has 1 saturated heterocycles. The fourth-order valence-electron chi connectivity index (χ4n) is 2.85. The first-order valence-corrected chi connectivity index (χ1v) is 6.89. The third kappa shape index (κ3) is 2.27. The average molecular weight is 287 g/mol. The molecule has 2 aromatic rings. The van der Waals surface area contributed by atoms with Gasteiger partial charge in [0.15, 0.2) is 5.60 Å². The quantitative estimate of drug-likeness (QED) is 0.755. The van der Waals surface area contributed by atoms with Crippen molar-refractivity contribution in [3.05, 3.63) is 36.0 Å². The fourth-order valence-corrected chi connectivity index (χ4v) is 2.85. The highest BCUT2D eigenvalue weighted by molar-refractivity contribution is 6.06. The number of amides is 2. The molecule has 0 radical (unpaired) electrons. The summed E-state index contributed by atoms with van der Waals surface area (Å²) >= 11 is 0. The molecule has 1 atom stereocenters. The molecular formula is C15H17N3O3. The van der Waals surface area contributed by atoms with E-state index in [1.54, 1.807) is 18.3 Å². The number of piperidine rings is 1. The molecule has 4 N–H and O–H groups in total. The van der Waals surface area contributed by atoms with E-state index in [-0.39, 0.29) is 12.5 Å². The largest absolute Gasteiger partial charge is 0.378 e. The zero-order valence-electron chi connectivity index (χ0n) is 11.5. The van der Waals surface area contributed by atoms with Crippen molar-refractivity contribution >= 4 is 22.7 Å². The second kappa shape index (κ2) is 4.89. The van der Waals surface area contributed by atoms with Crippen molar-refractivity contribution in [1.82, 2.24) is 9.88 Å². The molecule has 0 unspecified atom stereocenters. The van der Waals surface area contributed by atoms with Crippen LogP contribution in [0, 0.1) is 0 Å². The number of fused-ring (bicyclic) bond motifs is 1. The van der Waals surface area contributed by atoms with Crippen LogP contribution in [-0.2, 0) is 4.79 Å². The van der Waals surface area contributed by atoms with E-state index in [1.807, 2.05) is 12.1 Å². The van der Waals surface area contributed by atoms with E-state index < -0.39 is 11.5 Å². The molecule has 0 aliphatic carbocycles. The van der Waals surface area contributed by atoms with Crippen LogP contribution in [0.2, 0.25) is 0 Å². The number of likely N-dealkylation sites (tertiary alicyclic amines) is 1. The van der Waals surface area contributed by atoms with Crippen LogP contribution < -0.4 is 5.73 Å². The predicted octanol–water partition coefficient (Wildman–Crippen LogP) is 0.620. The molecule has 1 aromatic heterocycles. The molecule has 21 heavy (non-hydrogen) atoms. The summed E-state index contributed by atoms with van der Waals surface area (Å²) in [7, 11) is 0. The lowest BCUT2D eigenvalue weighted by Gasteiger charge is -2.37. The summed E-state index contributed by atoms with van der Waals surface area (Å²) in [6, 6.07) is 7.28. The van der Waals surface area contributed by atoms with Crippen LogP contribution in [0.15, 0.2) is 30.5 Å². The lowest BCUT2D eigenvalue weighted by Crippen LogP contribution is -2.57. The lowest BCUT2D eigenvalue weighted by molar-refractivity contribution is -0.140. The molecule has 2 heterocycles. The maximum absolute atomic E-state index is 12.7. The molecule has 3 rings (SSSR count). The summed E-state index contributed by atoms with van der Waals surface area (Å²) in [6.45, 7) is 0.456. The number of H-pyrrole nitrogens is 1. The second-order valence-electron chi connectivity index (χ2n) is 5.47. The monoisotopic (exact) mass is 287 g/mol. The Bertz CT molecular complexity index is 709. The zero-order valence-corrected chi connectivity index (χ0v) is 11.5. The first-order valence-electron chi connectivity index (χ1n) is 6.89. The normalized spacial score (nSPS) is 22.4. The van der Waals surface area contributed by atoms with Crippen LogP contribution in [0.5, 0.6) is 0 Å². The van der Waals surface area contributed by atoms with Gasteiger partial charge in [-0.2, -0.15) is 0 Å². The third-order valence-electron chi connectivity index (χ3n) is 4.04. The van der Waals surface area contributed by atoms with Crippen molar-refractivity contribution < 1.29 is 14.7 Å². The van der Waals surface area contributed by atoms with Gasteiger partial charge in [-0.05, 0) is 31.0 Å². The van der Waals surface area contributed by atoms with Crippen LogP contribution >= 0.6 is 0 Å². The maximum Gasteiger partial charge on any atom is 0.254 e. The molecule has 1 fully saturated rings. The number of β-amino-alcohol motifs (C(OH)–C–C–N with tert-alkyl or cyclic N) is 1. The van der Waals surface area contributed by atoms with E-state index in [9.17, 15) is 14.7 Å². The number of primary amides is 1. The Hall–Kier alpha value is -2.34. The minimum Gasteiger partial charge on any atom is -0.378 e. The Balaban J connectivity index is 1.92. The van der Waals surface area contributed by atoms with Gasteiger partial charge in [0.25, 0.3) is 11.8 Å². The number of nitrogens with one attached hydrogen (secondary N) is 1. The number of nitrogens with zero attached hydrogens (tertiary/aromatic N) is 1. The van der Waals surface area contributed by atoms with Gasteiger partial charge >= 0.3 is 0 Å². The van der Waals surface area contributed by atoms with E-state index in [2.05, 4.69) is 4.98 Å². The highest BCUT2D eigenvalue weighted by Gasteiger charge is 2.40. The minimum atomic E-state index is -1.63. The van der Waals surface area contributed by atoms with E-state index >= 15 is 0 Å². The highest BCUT2D eigenvalue weighted by atomic mass is 16.3. The molecule has 1 aliphatic rings. The van der Waals surface area contributed by atoms with E-state index in [4.69, 9.17) is 5.73 Å². The number of carbonyl (C=O) groups is 2. The maximum atomic E-state index is 12.7. The first-order chi connectivity index (χ1) is 10.0. The van der Waals surface area contributed by atoms with Gasteiger partial charge in [0, 0.05) is 29.2 Å². The van der Waals surface area contributed by atoms with Gasteiger partial charge in [-0.3, -0.25) is 9.59 Å². The number of hydrogen-bond donors (Lipinski definition) is 3. The number of aromatic nitrogens is 1. The van der Waals surface area contributed by atoms with Gasteiger partial charge in [0.05, 0.1) is 6.54 Å². The minimum absolute atomic E-state index is 0.0536. The molecule has 110 valence electrons. The van der Waals surface area contributed by atoms with Gasteiger partial charge in [0.1, 0.15) is 0 Å². The number of benzene rings is 1. The van der Waals surface area contributed by atoms with Gasteiger partial charge in [-0.15, -0.1) is 0 Å². The number of rotatable bonds is 2. The summed E-state index contributed by atoms with van der Waals surface area (Å²) in [6.07, 6.45) is 2.62. The van der Waals surface area contributed by atoms with Crippen LogP contribution in [0.1, 0.15) is 23.2 Å². The number of aromatic amines is 1. The molecule has 6 heteroatoms. The first kappa shape index (κ1) is 13.6. The van der Waals surface area contributed by atoms with Gasteiger partial charge in [-0.25, -0.2) is 0 Å². The van der Waals surface area contributed by atoms with Crippen molar-refractivity contribution in [2.75, 3.05) is 13.1 Å². The predicted molar refractivity (Wildman–Crippen MR) is 77.6 cm³/mol. The van der Waals surface area contributed by atoms with Crippen molar-refractivity contribution in [2.24, 2.45) is 5.73 Å². The Kier molecular flexibility index (Phi) is 3.17. The van der Waals surface area contributed by atoms with Crippen LogP contribution in [0.4, 0.5) is 0 Å².